The van der Waals surface area contributed by atoms with Crippen molar-refractivity contribution in [1.82, 2.24) is 84.3 Å². The molecule has 0 spiro atoms. The van der Waals surface area contributed by atoms with Gasteiger partial charge in [0.15, 0.2) is 0 Å². The summed E-state index contributed by atoms with van der Waals surface area (Å²) in [5.74, 6) is 3.80. The lowest BCUT2D eigenvalue weighted by Crippen LogP contribution is -2.45. The fraction of sp³-hybridized carbons (Fsp3) is 0.354. The number of pyridine rings is 4. The van der Waals surface area contributed by atoms with Gasteiger partial charge in [0.2, 0.25) is 29.7 Å². The van der Waals surface area contributed by atoms with Gasteiger partial charge in [0.25, 0.3) is 0 Å². The van der Waals surface area contributed by atoms with Gasteiger partial charge in [-0.25, -0.2) is 49.8 Å². The van der Waals surface area contributed by atoms with E-state index in [1.165, 1.54) is 29.5 Å². The summed E-state index contributed by atoms with van der Waals surface area (Å²) in [4.78, 5) is 73.3. The Balaban J connectivity index is 0.000000135. The second-order valence-electron chi connectivity index (χ2n) is 34.9. The van der Waals surface area contributed by atoms with Gasteiger partial charge in [-0.2, -0.15) is 0 Å². The minimum atomic E-state index is 0.497. The maximum absolute atomic E-state index is 6.22. The number of methoxy groups -OCH3 is 1. The molecule has 27 nitrogen and oxygen atoms in total. The van der Waals surface area contributed by atoms with E-state index in [0.717, 1.165) is 259 Å². The highest BCUT2D eigenvalue weighted by Crippen LogP contribution is 2.42. The number of anilines is 13. The van der Waals surface area contributed by atoms with Crippen molar-refractivity contribution in [3.8, 4) is 50.9 Å². The SMILES string of the molecule is CCc1ccc2c(c1)NC(=S)Cc1cnc(Nc3cc(CCCN(C)C)cnc3C)nc1-2.COc1nc(C)c(Nc2ncc3c(n2)-c2ccc(Cl)cc2NC(=S)C3)cc1CCCN(C)C.Cc1nc(N2CCCC(N(C)C)C2)ccc1Nc1ncc2c(n1)-c1ccc(Cl)cc1NC(=S)C2.Cc1ncc(CCN2CCN(C)CC2)cc1Nc1ncc2c(n1)-c1ccc(Cl)cc1NC(=S)C2. The largest absolute Gasteiger partial charge is 0.481 e. The van der Waals surface area contributed by atoms with E-state index < -0.39 is 0 Å². The molecule has 8 aromatic heterocycles. The van der Waals surface area contributed by atoms with Gasteiger partial charge in [0.1, 0.15) is 5.82 Å². The van der Waals surface area contributed by atoms with Gasteiger partial charge in [0, 0.05) is 203 Å². The summed E-state index contributed by atoms with van der Waals surface area (Å²) in [6.07, 6.45) is 22.0. The third kappa shape index (κ3) is 25.1. The van der Waals surface area contributed by atoms with Gasteiger partial charge in [-0.05, 0) is 249 Å². The zero-order chi connectivity index (χ0) is 93.7. The van der Waals surface area contributed by atoms with Crippen LogP contribution < -0.4 is 52.2 Å². The molecule has 690 valence electrons. The smallest absolute Gasteiger partial charge is 0.227 e. The number of halogens is 3. The quantitative estimate of drug-likeness (QED) is 0.0276. The first-order chi connectivity index (χ1) is 64.1. The molecule has 6 aliphatic rings. The Morgan fingerprint density at radius 2 is 0.850 bits per heavy atom. The van der Waals surface area contributed by atoms with Crippen LogP contribution in [0.4, 0.5) is 75.1 Å². The van der Waals surface area contributed by atoms with E-state index in [-0.39, 0.29) is 0 Å². The van der Waals surface area contributed by atoms with Gasteiger partial charge in [-0.15, -0.1) is 0 Å². The minimum Gasteiger partial charge on any atom is -0.481 e. The summed E-state index contributed by atoms with van der Waals surface area (Å²) in [7, 11) is 16.5. The van der Waals surface area contributed by atoms with Crippen LogP contribution in [0.15, 0.2) is 140 Å². The first-order valence-electron chi connectivity index (χ1n) is 44.9. The van der Waals surface area contributed by atoms with E-state index in [1.54, 1.807) is 7.11 Å². The molecular weight excluding hydrogens is 1800 g/mol. The Kier molecular flexibility index (Phi) is 32.1. The molecule has 1 unspecified atom stereocenters. The second-order valence-corrected chi connectivity index (χ2v) is 38.2. The van der Waals surface area contributed by atoms with Crippen LogP contribution in [-0.4, -0.2) is 226 Å². The number of hydrogen-bond acceptors (Lipinski definition) is 27. The average Bonchev–Trinajstić information content (AvgIpc) is 1.70. The summed E-state index contributed by atoms with van der Waals surface area (Å²) in [6.45, 7) is 19.7. The number of piperidine rings is 1. The number of likely N-dealkylation sites (N-methyl/N-ethyl adjacent to an activating group) is 2. The highest BCUT2D eigenvalue weighted by molar-refractivity contribution is 7.81. The monoisotopic (exact) mass is 1910 g/mol. The second kappa shape index (κ2) is 44.3. The lowest BCUT2D eigenvalue weighted by molar-refractivity contribution is 0.155. The molecule has 0 saturated carbocycles. The number of thiocarbonyl (C=S) groups is 4. The maximum Gasteiger partial charge on any atom is 0.227 e. The molecule has 2 fully saturated rings. The van der Waals surface area contributed by atoms with Crippen LogP contribution in [-0.2, 0) is 51.4 Å². The molecule has 0 radical (unpaired) electrons. The summed E-state index contributed by atoms with van der Waals surface area (Å²) in [6, 6.07) is 34.7. The number of benzene rings is 4. The van der Waals surface area contributed by atoms with Crippen molar-refractivity contribution in [2.24, 2.45) is 0 Å². The van der Waals surface area contributed by atoms with E-state index in [4.69, 9.17) is 113 Å². The average molecular weight is 1920 g/mol. The Bertz CT molecular complexity index is 6310. The van der Waals surface area contributed by atoms with Gasteiger partial charge >= 0.3 is 0 Å². The number of aromatic nitrogens is 12. The van der Waals surface area contributed by atoms with Crippen LogP contribution in [0.3, 0.4) is 0 Å². The summed E-state index contributed by atoms with van der Waals surface area (Å²) in [5, 5.41) is 28.7. The van der Waals surface area contributed by atoms with Gasteiger partial charge in [-0.3, -0.25) is 9.97 Å². The van der Waals surface area contributed by atoms with Crippen LogP contribution in [0.5, 0.6) is 5.88 Å². The van der Waals surface area contributed by atoms with Gasteiger partial charge in [-0.1, -0.05) is 103 Å². The molecule has 1 atom stereocenters. The number of ether oxygens (including phenoxy) is 1. The molecule has 2 saturated heterocycles. The fourth-order valence-electron chi connectivity index (χ4n) is 16.6. The molecule has 12 aromatic rings. The molecule has 0 amide bonds. The van der Waals surface area contributed by atoms with E-state index in [2.05, 4.69) is 212 Å². The Labute approximate surface area is 815 Å². The molecule has 8 N–H and O–H groups in total. The molecule has 6 aliphatic heterocycles. The number of fused-ring (bicyclic) bond motifs is 12. The van der Waals surface area contributed by atoms with Crippen LogP contribution in [0, 0.1) is 27.7 Å². The van der Waals surface area contributed by atoms with E-state index >= 15 is 0 Å². The number of nitrogens with zero attached hydrogens (tertiary/aromatic N) is 18. The van der Waals surface area contributed by atoms with E-state index in [9.17, 15) is 0 Å². The molecule has 0 aliphatic carbocycles. The zero-order valence-corrected chi connectivity index (χ0v) is 83.0. The van der Waals surface area contributed by atoms with Crippen LogP contribution >= 0.6 is 83.7 Å². The normalized spacial score (nSPS) is 14.9. The standard InChI is InChI=1S/2C25H28ClN7S.C25H30N6S.C24H27ClN6OS/c1-15-20(8-9-22(28-15)33-10-4-5-18(14-33)32(2)3)30-25-27-13-16-11-23(34)29-21-12-17(26)6-7-19(21)24(16)31-25;1-16-21(11-17(14-27-16)5-6-33-9-7-32(2)8-10-33)30-25-28-15-18-12-23(34)29-22-13-19(26)3-4-20(22)24(18)31-25;1-5-17-8-9-20-22(11-17)28-23(32)13-19-15-27-25(30-24(19)20)29-21-12-18(14-26-16(21)2)7-6-10-31(3)4;1-14-19(10-15(23(27-14)32-4)6-5-9-31(2)3)29-24-26-13-16-11-21(33)28-20-12-17(25)7-8-18(20)22(16)30-24/h6-9,12-13,18H,4-5,10-11,14H2,1-3H3,(H,29,34)(H,27,30,31);3-4,11,13-15H,5-10,12H2,1-2H3,(H,29,34)(H,28,30,31);8-9,11-12,14-15H,5-7,10,13H2,1-4H3,(H,28,32)(H,27,29,30);7-8,10,12-13H,5-6,9,11H2,1-4H3,(H,28,33)(H,26,29,30). The van der Waals surface area contributed by atoms with Crippen molar-refractivity contribution in [1.29, 1.82) is 0 Å². The third-order valence-corrected chi connectivity index (χ3v) is 25.8. The van der Waals surface area contributed by atoms with Crippen molar-refractivity contribution >= 4 is 179 Å². The van der Waals surface area contributed by atoms with Crippen molar-refractivity contribution < 1.29 is 4.74 Å². The molecule has 133 heavy (non-hydrogen) atoms. The number of aryl methyl sites for hydroxylation is 7. The predicted octanol–water partition coefficient (Wildman–Crippen LogP) is 19.4. The van der Waals surface area contributed by atoms with Gasteiger partial charge < -0.3 is 76.7 Å². The minimum absolute atomic E-state index is 0.497. The maximum atomic E-state index is 6.22. The number of rotatable bonds is 23. The summed E-state index contributed by atoms with van der Waals surface area (Å²) in [5.41, 5.74) is 26.8. The van der Waals surface area contributed by atoms with E-state index in [0.29, 0.717) is 81.5 Å². The van der Waals surface area contributed by atoms with Crippen molar-refractivity contribution in [3.05, 3.63) is 223 Å². The van der Waals surface area contributed by atoms with Crippen molar-refractivity contribution in [3.63, 3.8) is 0 Å². The van der Waals surface area contributed by atoms with Crippen LogP contribution in [0.2, 0.25) is 15.1 Å². The molecule has 18 rings (SSSR count). The number of nitrogens with one attached hydrogen (secondary N) is 8. The van der Waals surface area contributed by atoms with Gasteiger partial charge in [0.05, 0.1) is 95.4 Å². The number of hydrogen-bond donors (Lipinski definition) is 8. The highest BCUT2D eigenvalue weighted by atomic mass is 35.5. The zero-order valence-electron chi connectivity index (χ0n) is 77.4. The van der Waals surface area contributed by atoms with E-state index in [1.807, 2.05) is 119 Å². The molecule has 0 bridgehead atoms. The van der Waals surface area contributed by atoms with Crippen LogP contribution in [0.1, 0.15) is 99.9 Å². The Morgan fingerprint density at radius 3 is 1.28 bits per heavy atom. The van der Waals surface area contributed by atoms with Crippen LogP contribution in [0.25, 0.3) is 45.0 Å². The Hall–Kier alpha value is -11.2. The predicted molar refractivity (Wildman–Crippen MR) is 560 cm³/mol. The summed E-state index contributed by atoms with van der Waals surface area (Å²) < 4.78 is 5.52. The topological polar surface area (TPSA) is 280 Å². The molecular formula is C99H113Cl3N26OS4. The fourth-order valence-corrected chi connectivity index (χ4v) is 18.2. The Morgan fingerprint density at radius 1 is 0.436 bits per heavy atom. The molecule has 34 heteroatoms. The van der Waals surface area contributed by atoms with Crippen molar-refractivity contribution in [2.75, 3.05) is 163 Å². The lowest BCUT2D eigenvalue weighted by atomic mass is 10.0. The van der Waals surface area contributed by atoms with Crippen molar-refractivity contribution in [2.45, 2.75) is 118 Å². The third-order valence-electron chi connectivity index (χ3n) is 24.1. The molecule has 4 aromatic carbocycles. The molecule has 14 heterocycles. The first kappa shape index (κ1) is 96.4. The number of piperazine rings is 1. The summed E-state index contributed by atoms with van der Waals surface area (Å²) >= 11 is 40.7. The highest BCUT2D eigenvalue weighted by Gasteiger charge is 2.29. The lowest BCUT2D eigenvalue weighted by Gasteiger charge is -2.37. The first-order valence-corrected chi connectivity index (χ1v) is 47.6.